The average Bonchev–Trinajstić information content (AvgIpc) is 2.83. The first kappa shape index (κ1) is 16.0. The van der Waals surface area contributed by atoms with Crippen LogP contribution in [0.3, 0.4) is 0 Å². The summed E-state index contributed by atoms with van der Waals surface area (Å²) >= 11 is 0. The summed E-state index contributed by atoms with van der Waals surface area (Å²) in [7, 11) is 3.51. The first-order valence-corrected chi connectivity index (χ1v) is 7.18. The van der Waals surface area contributed by atoms with E-state index in [1.165, 1.54) is 0 Å². The van der Waals surface area contributed by atoms with Crippen molar-refractivity contribution in [1.29, 1.82) is 0 Å². The second-order valence-electron chi connectivity index (χ2n) is 5.02. The van der Waals surface area contributed by atoms with Crippen molar-refractivity contribution in [1.82, 2.24) is 15.1 Å². The lowest BCUT2D eigenvalue weighted by atomic mass is 10.1. The predicted molar refractivity (Wildman–Crippen MR) is 83.1 cm³/mol. The molecule has 2 aromatic rings. The SMILES string of the molecule is CCc1nn(C)c(OC)c1CNCc1ccc(C(=O)O)cc1. The molecule has 0 radical (unpaired) electrons. The zero-order valence-electron chi connectivity index (χ0n) is 13.1. The highest BCUT2D eigenvalue weighted by Crippen LogP contribution is 2.21. The van der Waals surface area contributed by atoms with E-state index in [4.69, 9.17) is 9.84 Å². The lowest BCUT2D eigenvalue weighted by Gasteiger charge is -2.08. The van der Waals surface area contributed by atoms with Crippen molar-refractivity contribution < 1.29 is 14.6 Å². The molecule has 0 amide bonds. The number of methoxy groups -OCH3 is 1. The van der Waals surface area contributed by atoms with Crippen LogP contribution in [0.15, 0.2) is 24.3 Å². The number of hydrogen-bond acceptors (Lipinski definition) is 4. The second kappa shape index (κ2) is 7.09. The predicted octanol–water partition coefficient (Wildman–Crippen LogP) is 1.98. The van der Waals surface area contributed by atoms with Gasteiger partial charge in [-0.15, -0.1) is 0 Å². The number of nitrogens with zero attached hydrogens (tertiary/aromatic N) is 2. The molecule has 22 heavy (non-hydrogen) atoms. The average molecular weight is 303 g/mol. The molecule has 0 bridgehead atoms. The monoisotopic (exact) mass is 303 g/mol. The highest BCUT2D eigenvalue weighted by Gasteiger charge is 2.14. The maximum absolute atomic E-state index is 10.8. The van der Waals surface area contributed by atoms with E-state index in [1.807, 2.05) is 19.2 Å². The van der Waals surface area contributed by atoms with Crippen LogP contribution >= 0.6 is 0 Å². The van der Waals surface area contributed by atoms with Gasteiger partial charge in [-0.3, -0.25) is 0 Å². The van der Waals surface area contributed by atoms with Crippen molar-refractivity contribution in [3.8, 4) is 5.88 Å². The number of hydrogen-bond donors (Lipinski definition) is 2. The Labute approximate surface area is 129 Å². The highest BCUT2D eigenvalue weighted by molar-refractivity contribution is 5.87. The first-order chi connectivity index (χ1) is 10.6. The van der Waals surface area contributed by atoms with Gasteiger partial charge in [-0.2, -0.15) is 5.10 Å². The molecule has 0 aliphatic carbocycles. The van der Waals surface area contributed by atoms with Gasteiger partial charge in [-0.25, -0.2) is 9.48 Å². The van der Waals surface area contributed by atoms with Gasteiger partial charge in [0.05, 0.1) is 23.9 Å². The minimum Gasteiger partial charge on any atom is -0.481 e. The van der Waals surface area contributed by atoms with Crippen LogP contribution in [0, 0.1) is 0 Å². The van der Waals surface area contributed by atoms with E-state index < -0.39 is 5.97 Å². The molecule has 0 aliphatic rings. The number of aromatic carboxylic acids is 1. The van der Waals surface area contributed by atoms with Crippen LogP contribution in [0.1, 0.15) is 34.1 Å². The summed E-state index contributed by atoms with van der Waals surface area (Å²) in [5.74, 6) is -0.141. The van der Waals surface area contributed by atoms with Gasteiger partial charge >= 0.3 is 5.97 Å². The molecule has 6 heteroatoms. The van der Waals surface area contributed by atoms with E-state index in [-0.39, 0.29) is 0 Å². The summed E-state index contributed by atoms with van der Waals surface area (Å²) in [6, 6.07) is 6.86. The molecule has 1 heterocycles. The number of carboxylic acid groups (broad SMARTS) is 1. The van der Waals surface area contributed by atoms with Crippen molar-refractivity contribution in [3.63, 3.8) is 0 Å². The Morgan fingerprint density at radius 1 is 1.32 bits per heavy atom. The molecule has 0 saturated heterocycles. The number of aryl methyl sites for hydroxylation is 2. The fraction of sp³-hybridized carbons (Fsp3) is 0.375. The number of carbonyl (C=O) groups is 1. The molecule has 0 saturated carbocycles. The van der Waals surface area contributed by atoms with Gasteiger partial charge in [0.1, 0.15) is 0 Å². The molecule has 6 nitrogen and oxygen atoms in total. The quantitative estimate of drug-likeness (QED) is 0.818. The molecule has 118 valence electrons. The number of nitrogens with one attached hydrogen (secondary N) is 1. The molecule has 0 unspecified atom stereocenters. The molecule has 2 N–H and O–H groups in total. The Hall–Kier alpha value is -2.34. The third kappa shape index (κ3) is 3.46. The molecule has 0 aliphatic heterocycles. The van der Waals surface area contributed by atoms with E-state index in [9.17, 15) is 4.79 Å². The standard InChI is InChI=1S/C16H21N3O3/c1-4-14-13(15(22-3)19(2)18-14)10-17-9-11-5-7-12(8-6-11)16(20)21/h5-8,17H,4,9-10H2,1-3H3,(H,20,21). The summed E-state index contributed by atoms with van der Waals surface area (Å²) in [4.78, 5) is 10.8. The van der Waals surface area contributed by atoms with Crippen LogP contribution in [0.2, 0.25) is 0 Å². The zero-order valence-corrected chi connectivity index (χ0v) is 13.1. The minimum atomic E-state index is -0.910. The van der Waals surface area contributed by atoms with Crippen molar-refractivity contribution >= 4 is 5.97 Å². The summed E-state index contributed by atoms with van der Waals surface area (Å²) in [5, 5.41) is 16.7. The second-order valence-corrected chi connectivity index (χ2v) is 5.02. The van der Waals surface area contributed by atoms with Gasteiger partial charge in [0.2, 0.25) is 5.88 Å². The molecule has 2 rings (SSSR count). The van der Waals surface area contributed by atoms with Crippen LogP contribution in [-0.4, -0.2) is 28.0 Å². The number of aromatic nitrogens is 2. The van der Waals surface area contributed by atoms with E-state index in [0.717, 1.165) is 29.1 Å². The maximum Gasteiger partial charge on any atom is 0.335 e. The van der Waals surface area contributed by atoms with Gasteiger partial charge in [-0.05, 0) is 24.1 Å². The summed E-state index contributed by atoms with van der Waals surface area (Å²) in [6.45, 7) is 3.37. The molecule has 1 aromatic carbocycles. The zero-order chi connectivity index (χ0) is 16.1. The Bertz CT molecular complexity index is 647. The Balaban J connectivity index is 2.00. The molecule has 0 spiro atoms. The smallest absolute Gasteiger partial charge is 0.335 e. The normalized spacial score (nSPS) is 10.7. The van der Waals surface area contributed by atoms with Crippen LogP contribution in [-0.2, 0) is 26.6 Å². The van der Waals surface area contributed by atoms with Crippen molar-refractivity contribution in [2.24, 2.45) is 7.05 Å². The Morgan fingerprint density at radius 2 is 2.00 bits per heavy atom. The van der Waals surface area contributed by atoms with Gasteiger partial charge in [0.15, 0.2) is 0 Å². The minimum absolute atomic E-state index is 0.297. The fourth-order valence-electron chi connectivity index (χ4n) is 2.42. The van der Waals surface area contributed by atoms with E-state index >= 15 is 0 Å². The maximum atomic E-state index is 10.8. The van der Waals surface area contributed by atoms with E-state index in [0.29, 0.717) is 18.7 Å². The van der Waals surface area contributed by atoms with Gasteiger partial charge in [0, 0.05) is 20.1 Å². The Morgan fingerprint density at radius 3 is 2.55 bits per heavy atom. The third-order valence-electron chi connectivity index (χ3n) is 3.53. The summed E-state index contributed by atoms with van der Waals surface area (Å²) < 4.78 is 7.15. The lowest BCUT2D eigenvalue weighted by molar-refractivity contribution is 0.0697. The van der Waals surface area contributed by atoms with Crippen molar-refractivity contribution in [3.05, 3.63) is 46.6 Å². The summed E-state index contributed by atoms with van der Waals surface area (Å²) in [5.41, 5.74) is 3.42. The van der Waals surface area contributed by atoms with E-state index in [1.54, 1.807) is 23.9 Å². The van der Waals surface area contributed by atoms with Crippen LogP contribution in [0.5, 0.6) is 5.88 Å². The van der Waals surface area contributed by atoms with Gasteiger partial charge < -0.3 is 15.2 Å². The number of ether oxygens (including phenoxy) is 1. The van der Waals surface area contributed by atoms with Crippen LogP contribution < -0.4 is 10.1 Å². The largest absolute Gasteiger partial charge is 0.481 e. The van der Waals surface area contributed by atoms with Crippen molar-refractivity contribution in [2.45, 2.75) is 26.4 Å². The topological polar surface area (TPSA) is 76.4 Å². The van der Waals surface area contributed by atoms with Gasteiger partial charge in [0.25, 0.3) is 0 Å². The molecular weight excluding hydrogens is 282 g/mol. The fourth-order valence-corrected chi connectivity index (χ4v) is 2.42. The van der Waals surface area contributed by atoms with Crippen LogP contribution in [0.4, 0.5) is 0 Å². The molecule has 0 atom stereocenters. The van der Waals surface area contributed by atoms with E-state index in [2.05, 4.69) is 17.3 Å². The molecule has 0 fully saturated rings. The molecule has 1 aromatic heterocycles. The Kier molecular flexibility index (Phi) is 5.16. The lowest BCUT2D eigenvalue weighted by Crippen LogP contribution is -2.14. The highest BCUT2D eigenvalue weighted by atomic mass is 16.5. The number of benzene rings is 1. The number of rotatable bonds is 7. The summed E-state index contributed by atoms with van der Waals surface area (Å²) in [6.07, 6.45) is 0.849. The number of carboxylic acids is 1. The van der Waals surface area contributed by atoms with Crippen LogP contribution in [0.25, 0.3) is 0 Å². The molecular formula is C16H21N3O3. The third-order valence-corrected chi connectivity index (χ3v) is 3.53. The van der Waals surface area contributed by atoms with Gasteiger partial charge in [-0.1, -0.05) is 19.1 Å². The van der Waals surface area contributed by atoms with Crippen molar-refractivity contribution in [2.75, 3.05) is 7.11 Å². The first-order valence-electron chi connectivity index (χ1n) is 7.18.